The van der Waals surface area contributed by atoms with Gasteiger partial charge in [-0.1, -0.05) is 60.7 Å². The van der Waals surface area contributed by atoms with Crippen LogP contribution in [0.2, 0.25) is 0 Å². The molecule has 0 aliphatic heterocycles. The standard InChI is InChI=1S/C26H19F3N2O2S/c1-16(2)34(32,33)25-20(17-8-4-3-5-9-17)11-7-12-21(25)23-19(15-30)14-18-10-6-13-22(24(18)31-23)26(27,28)29/h3-14,16H,1-2H3. The number of hydrogen-bond acceptors (Lipinski definition) is 4. The van der Waals surface area contributed by atoms with Gasteiger partial charge in [-0.3, -0.25) is 0 Å². The van der Waals surface area contributed by atoms with Crippen LogP contribution in [0.25, 0.3) is 33.3 Å². The first-order valence-corrected chi connectivity index (χ1v) is 11.9. The predicted molar refractivity (Wildman–Crippen MR) is 125 cm³/mol. The van der Waals surface area contributed by atoms with Gasteiger partial charge >= 0.3 is 6.18 Å². The maximum absolute atomic E-state index is 13.7. The van der Waals surface area contributed by atoms with Crippen molar-refractivity contribution < 1.29 is 21.6 Å². The molecule has 4 rings (SSSR count). The SMILES string of the molecule is CC(C)S(=O)(=O)c1c(-c2ccccc2)cccc1-c1nc2c(C(F)(F)F)cccc2cc1C#N. The Kier molecular flexibility index (Phi) is 5.92. The van der Waals surface area contributed by atoms with Gasteiger partial charge in [-0.15, -0.1) is 0 Å². The van der Waals surface area contributed by atoms with E-state index in [-0.39, 0.29) is 32.6 Å². The number of alkyl halides is 3. The molecule has 0 saturated heterocycles. The summed E-state index contributed by atoms with van der Waals surface area (Å²) < 4.78 is 68.1. The third-order valence-electron chi connectivity index (χ3n) is 5.53. The van der Waals surface area contributed by atoms with Crippen molar-refractivity contribution in [1.82, 2.24) is 4.98 Å². The first kappa shape index (κ1) is 23.5. The number of halogens is 3. The molecule has 1 aromatic heterocycles. The number of hydrogen-bond donors (Lipinski definition) is 0. The van der Waals surface area contributed by atoms with Crippen LogP contribution in [0.4, 0.5) is 13.2 Å². The minimum Gasteiger partial charge on any atom is -0.246 e. The summed E-state index contributed by atoms with van der Waals surface area (Å²) in [7, 11) is -3.92. The number of benzene rings is 3. The third kappa shape index (κ3) is 4.03. The summed E-state index contributed by atoms with van der Waals surface area (Å²) in [6, 6.07) is 20.4. The highest BCUT2D eigenvalue weighted by Crippen LogP contribution is 2.40. The molecule has 0 aliphatic rings. The van der Waals surface area contributed by atoms with Gasteiger partial charge in [-0.05, 0) is 31.5 Å². The predicted octanol–water partition coefficient (Wildman–Crippen LogP) is 6.64. The molecule has 4 nitrogen and oxygen atoms in total. The molecular weight excluding hydrogens is 461 g/mol. The highest BCUT2D eigenvalue weighted by Gasteiger charge is 2.34. The number of sulfone groups is 1. The average Bonchev–Trinajstić information content (AvgIpc) is 2.82. The lowest BCUT2D eigenvalue weighted by atomic mass is 9.98. The molecule has 0 radical (unpaired) electrons. The first-order chi connectivity index (χ1) is 16.1. The van der Waals surface area contributed by atoms with Gasteiger partial charge in [0.05, 0.1) is 32.5 Å². The molecule has 172 valence electrons. The zero-order valence-electron chi connectivity index (χ0n) is 18.3. The molecule has 0 bridgehead atoms. The summed E-state index contributed by atoms with van der Waals surface area (Å²) in [5.41, 5.74) is -0.322. The lowest BCUT2D eigenvalue weighted by molar-refractivity contribution is -0.136. The van der Waals surface area contributed by atoms with Crippen molar-refractivity contribution in [2.24, 2.45) is 0 Å². The first-order valence-electron chi connectivity index (χ1n) is 10.4. The fourth-order valence-electron chi connectivity index (χ4n) is 3.83. The second-order valence-corrected chi connectivity index (χ2v) is 10.5. The van der Waals surface area contributed by atoms with Crippen LogP contribution in [0.3, 0.4) is 0 Å². The molecule has 0 saturated carbocycles. The Morgan fingerprint density at radius 1 is 0.912 bits per heavy atom. The van der Waals surface area contributed by atoms with Crippen LogP contribution < -0.4 is 0 Å². The molecular formula is C26H19F3N2O2S. The van der Waals surface area contributed by atoms with Crippen molar-refractivity contribution in [3.05, 3.63) is 83.9 Å². The van der Waals surface area contributed by atoms with E-state index in [9.17, 15) is 26.9 Å². The molecule has 0 spiro atoms. The van der Waals surface area contributed by atoms with E-state index >= 15 is 0 Å². The van der Waals surface area contributed by atoms with E-state index in [1.54, 1.807) is 42.5 Å². The summed E-state index contributed by atoms with van der Waals surface area (Å²) in [6.07, 6.45) is -4.67. The quantitative estimate of drug-likeness (QED) is 0.328. The van der Waals surface area contributed by atoms with Crippen LogP contribution in [-0.4, -0.2) is 18.7 Å². The molecule has 1 heterocycles. The van der Waals surface area contributed by atoms with Crippen LogP contribution in [-0.2, 0) is 16.0 Å². The number of aromatic nitrogens is 1. The molecule has 4 aromatic rings. The van der Waals surface area contributed by atoms with Crippen molar-refractivity contribution in [1.29, 1.82) is 5.26 Å². The summed E-state index contributed by atoms with van der Waals surface area (Å²) in [4.78, 5) is 4.18. The maximum Gasteiger partial charge on any atom is 0.418 e. The maximum atomic E-state index is 13.7. The van der Waals surface area contributed by atoms with Crippen LogP contribution >= 0.6 is 0 Å². The number of para-hydroxylation sites is 1. The smallest absolute Gasteiger partial charge is 0.246 e. The third-order valence-corrected chi connectivity index (χ3v) is 7.78. The number of nitriles is 1. The molecule has 0 atom stereocenters. The van der Waals surface area contributed by atoms with Crippen molar-refractivity contribution >= 4 is 20.7 Å². The monoisotopic (exact) mass is 480 g/mol. The van der Waals surface area contributed by atoms with Crippen molar-refractivity contribution in [3.63, 3.8) is 0 Å². The molecule has 0 aliphatic carbocycles. The Bertz CT molecular complexity index is 1540. The van der Waals surface area contributed by atoms with E-state index in [1.165, 1.54) is 38.1 Å². The Balaban J connectivity index is 2.15. The summed E-state index contributed by atoms with van der Waals surface area (Å²) in [5.74, 6) is 0. The Labute approximate surface area is 195 Å². The lowest BCUT2D eigenvalue weighted by Crippen LogP contribution is -2.17. The van der Waals surface area contributed by atoms with E-state index in [0.29, 0.717) is 11.1 Å². The van der Waals surface area contributed by atoms with E-state index in [0.717, 1.165) is 6.07 Å². The van der Waals surface area contributed by atoms with E-state index in [1.807, 2.05) is 6.07 Å². The Morgan fingerprint density at radius 3 is 2.18 bits per heavy atom. The van der Waals surface area contributed by atoms with E-state index in [2.05, 4.69) is 4.98 Å². The van der Waals surface area contributed by atoms with Gasteiger partial charge in [0.25, 0.3) is 0 Å². The Morgan fingerprint density at radius 2 is 1.56 bits per heavy atom. The van der Waals surface area contributed by atoms with Crippen molar-refractivity contribution in [2.75, 3.05) is 0 Å². The summed E-state index contributed by atoms with van der Waals surface area (Å²) in [6.45, 7) is 3.06. The van der Waals surface area contributed by atoms with Gasteiger partial charge in [0.15, 0.2) is 9.84 Å². The van der Waals surface area contributed by atoms with Crippen LogP contribution in [0.1, 0.15) is 25.0 Å². The highest BCUT2D eigenvalue weighted by molar-refractivity contribution is 7.92. The second kappa shape index (κ2) is 8.58. The highest BCUT2D eigenvalue weighted by atomic mass is 32.2. The van der Waals surface area contributed by atoms with Crippen LogP contribution in [0.5, 0.6) is 0 Å². The van der Waals surface area contributed by atoms with Gasteiger partial charge in [0.2, 0.25) is 0 Å². The largest absolute Gasteiger partial charge is 0.418 e. The fraction of sp³-hybridized carbons (Fsp3) is 0.154. The van der Waals surface area contributed by atoms with Gasteiger partial charge in [-0.2, -0.15) is 18.4 Å². The summed E-state index contributed by atoms with van der Waals surface area (Å²) in [5, 5.41) is 9.13. The minimum absolute atomic E-state index is 0.0164. The molecule has 0 unspecified atom stereocenters. The topological polar surface area (TPSA) is 70.8 Å². The number of nitrogens with zero attached hydrogens (tertiary/aromatic N) is 2. The van der Waals surface area contributed by atoms with Gasteiger partial charge in [-0.25, -0.2) is 13.4 Å². The minimum atomic E-state index is -4.67. The number of rotatable bonds is 4. The molecule has 34 heavy (non-hydrogen) atoms. The second-order valence-electron chi connectivity index (χ2n) is 8.01. The van der Waals surface area contributed by atoms with Gasteiger partial charge in [0, 0.05) is 16.5 Å². The normalized spacial score (nSPS) is 12.1. The van der Waals surface area contributed by atoms with Gasteiger partial charge < -0.3 is 0 Å². The number of pyridine rings is 1. The zero-order chi connectivity index (χ0) is 24.7. The average molecular weight is 481 g/mol. The zero-order valence-corrected chi connectivity index (χ0v) is 19.1. The molecule has 0 fully saturated rings. The molecule has 0 amide bonds. The summed E-state index contributed by atoms with van der Waals surface area (Å²) >= 11 is 0. The van der Waals surface area contributed by atoms with Crippen molar-refractivity contribution in [2.45, 2.75) is 30.2 Å². The number of fused-ring (bicyclic) bond motifs is 1. The van der Waals surface area contributed by atoms with Gasteiger partial charge in [0.1, 0.15) is 6.07 Å². The molecule has 8 heteroatoms. The van der Waals surface area contributed by atoms with Crippen molar-refractivity contribution in [3.8, 4) is 28.5 Å². The fourth-order valence-corrected chi connectivity index (χ4v) is 5.26. The van der Waals surface area contributed by atoms with E-state index < -0.39 is 26.8 Å². The molecule has 3 aromatic carbocycles. The van der Waals surface area contributed by atoms with E-state index in [4.69, 9.17) is 0 Å². The van der Waals surface area contributed by atoms with Crippen LogP contribution in [0.15, 0.2) is 77.7 Å². The Hall–Kier alpha value is -3.70. The molecule has 0 N–H and O–H groups in total. The van der Waals surface area contributed by atoms with Crippen LogP contribution in [0, 0.1) is 11.3 Å². The lowest BCUT2D eigenvalue weighted by Gasteiger charge is -2.19.